The van der Waals surface area contributed by atoms with Crippen molar-refractivity contribution in [2.75, 3.05) is 11.4 Å². The lowest BCUT2D eigenvalue weighted by Crippen LogP contribution is -2.40. The van der Waals surface area contributed by atoms with E-state index in [1.807, 2.05) is 18.0 Å². The molecule has 0 saturated heterocycles. The number of hydrogen-bond acceptors (Lipinski definition) is 3. The second-order valence-corrected chi connectivity index (χ2v) is 7.51. The normalized spacial score (nSPS) is 18.6. The van der Waals surface area contributed by atoms with E-state index in [9.17, 15) is 8.78 Å². The Morgan fingerprint density at radius 3 is 2.50 bits per heavy atom. The molecule has 28 heavy (non-hydrogen) atoms. The molecule has 0 spiro atoms. The van der Waals surface area contributed by atoms with Gasteiger partial charge in [-0.05, 0) is 43.2 Å². The predicted molar refractivity (Wildman–Crippen MR) is 111 cm³/mol. The highest BCUT2D eigenvalue weighted by Gasteiger charge is 2.33. The zero-order chi connectivity index (χ0) is 20.0. The van der Waals surface area contributed by atoms with Crippen molar-refractivity contribution in [3.05, 3.63) is 74.9 Å². The number of rotatable bonds is 2. The molecule has 0 amide bonds. The van der Waals surface area contributed by atoms with Gasteiger partial charge in [-0.2, -0.15) is 0 Å². The van der Waals surface area contributed by atoms with Crippen molar-refractivity contribution in [1.29, 1.82) is 0 Å². The minimum absolute atomic E-state index is 0.140. The van der Waals surface area contributed by atoms with Crippen LogP contribution in [0.3, 0.4) is 0 Å². The number of anilines is 1. The molecule has 0 radical (unpaired) electrons. The van der Waals surface area contributed by atoms with E-state index in [1.165, 1.54) is 18.2 Å². The predicted octanol–water partition coefficient (Wildman–Crippen LogP) is 6.02. The fraction of sp³-hybridized carbons (Fsp3) is 0.238. The molecule has 1 atom stereocenters. The summed E-state index contributed by atoms with van der Waals surface area (Å²) in [7, 11) is 0. The van der Waals surface area contributed by atoms with E-state index in [2.05, 4.69) is 16.9 Å². The van der Waals surface area contributed by atoms with Gasteiger partial charge in [-0.3, -0.25) is 4.99 Å². The van der Waals surface area contributed by atoms with Crippen molar-refractivity contribution in [1.82, 2.24) is 0 Å². The fourth-order valence-corrected chi connectivity index (χ4v) is 3.92. The molecule has 0 fully saturated rings. The summed E-state index contributed by atoms with van der Waals surface area (Å²) < 4.78 is 29.3. The molecular weight excluding hydrogens is 403 g/mol. The molecule has 0 aromatic heterocycles. The molecule has 4 rings (SSSR count). The van der Waals surface area contributed by atoms with Crippen LogP contribution in [0.15, 0.2) is 52.1 Å². The summed E-state index contributed by atoms with van der Waals surface area (Å²) in [5.74, 6) is -0.715. The maximum absolute atomic E-state index is 14.7. The topological polar surface area (TPSA) is 28.0 Å². The first-order chi connectivity index (χ1) is 13.4. The van der Waals surface area contributed by atoms with E-state index >= 15 is 0 Å². The molecule has 2 heterocycles. The lowest BCUT2D eigenvalue weighted by Gasteiger charge is -2.31. The summed E-state index contributed by atoms with van der Waals surface area (Å²) >= 11 is 12.8. The number of amidine groups is 1. The molecule has 7 heteroatoms. The summed E-state index contributed by atoms with van der Waals surface area (Å²) in [6.07, 6.45) is 2.68. The molecular formula is C21H17Cl2F2N3. The Bertz CT molecular complexity index is 1040. The van der Waals surface area contributed by atoms with Gasteiger partial charge in [0.25, 0.3) is 0 Å². The van der Waals surface area contributed by atoms with Crippen molar-refractivity contribution in [3.63, 3.8) is 0 Å². The van der Waals surface area contributed by atoms with Gasteiger partial charge in [-0.15, -0.1) is 0 Å². The zero-order valence-corrected chi connectivity index (χ0v) is 16.8. The summed E-state index contributed by atoms with van der Waals surface area (Å²) in [5.41, 5.74) is 2.14. The maximum atomic E-state index is 14.7. The monoisotopic (exact) mass is 419 g/mol. The summed E-state index contributed by atoms with van der Waals surface area (Å²) in [5, 5.41) is 0.503. The van der Waals surface area contributed by atoms with Crippen LogP contribution in [0.1, 0.15) is 31.4 Å². The second kappa shape index (κ2) is 7.30. The van der Waals surface area contributed by atoms with E-state index < -0.39 is 17.7 Å². The Balaban J connectivity index is 2.04. The van der Waals surface area contributed by atoms with Crippen molar-refractivity contribution in [3.8, 4) is 0 Å². The van der Waals surface area contributed by atoms with Crippen LogP contribution in [0.4, 0.5) is 14.5 Å². The Morgan fingerprint density at radius 1 is 1.11 bits per heavy atom. The van der Waals surface area contributed by atoms with E-state index in [-0.39, 0.29) is 16.3 Å². The highest BCUT2D eigenvalue weighted by atomic mass is 35.5. The second-order valence-electron chi connectivity index (χ2n) is 6.72. The number of nitrogens with zero attached hydrogens (tertiary/aromatic N) is 3. The largest absolute Gasteiger partial charge is 0.323 e. The molecule has 3 nitrogen and oxygen atoms in total. The summed E-state index contributed by atoms with van der Waals surface area (Å²) in [4.78, 5) is 11.2. The first kappa shape index (κ1) is 19.1. The SMILES string of the molecule is CCC1=CN=C2[C@H](C)N=C(c3c(F)cccc3F)c3c(ccc(Cl)c3Cl)N2C1. The van der Waals surface area contributed by atoms with Gasteiger partial charge in [0.15, 0.2) is 0 Å². The van der Waals surface area contributed by atoms with E-state index in [0.29, 0.717) is 28.7 Å². The lowest BCUT2D eigenvalue weighted by atomic mass is 9.98. The standard InChI is InChI=1S/C21H17Cl2F2N3/c1-3-12-9-26-21-11(2)27-20(17-14(24)5-4-6-15(17)25)18-16(28(21)10-12)8-7-13(22)19(18)23/h4-9,11H,3,10H2,1-2H3/t11-/m0/s1. The van der Waals surface area contributed by atoms with Gasteiger partial charge in [0, 0.05) is 18.3 Å². The highest BCUT2D eigenvalue weighted by molar-refractivity contribution is 6.45. The Labute approximate surface area is 172 Å². The highest BCUT2D eigenvalue weighted by Crippen LogP contribution is 2.39. The van der Waals surface area contributed by atoms with Crippen LogP contribution in [-0.2, 0) is 0 Å². The average Bonchev–Trinajstić information content (AvgIpc) is 2.79. The van der Waals surface area contributed by atoms with Crippen LogP contribution in [-0.4, -0.2) is 24.1 Å². The molecule has 0 unspecified atom stereocenters. The van der Waals surface area contributed by atoms with Crippen LogP contribution in [0.5, 0.6) is 0 Å². The molecule has 0 aliphatic carbocycles. The number of benzene rings is 2. The molecule has 144 valence electrons. The van der Waals surface area contributed by atoms with Gasteiger partial charge < -0.3 is 4.90 Å². The van der Waals surface area contributed by atoms with E-state index in [1.54, 1.807) is 12.1 Å². The van der Waals surface area contributed by atoms with Crippen LogP contribution >= 0.6 is 23.2 Å². The lowest BCUT2D eigenvalue weighted by molar-refractivity contribution is 0.579. The first-order valence-electron chi connectivity index (χ1n) is 8.96. The molecule has 2 aliphatic rings. The van der Waals surface area contributed by atoms with Gasteiger partial charge in [0.05, 0.1) is 27.0 Å². The maximum Gasteiger partial charge on any atom is 0.135 e. The molecule has 0 bridgehead atoms. The first-order valence-corrected chi connectivity index (χ1v) is 9.71. The minimum atomic E-state index is -0.706. The zero-order valence-electron chi connectivity index (χ0n) is 15.3. The van der Waals surface area contributed by atoms with Gasteiger partial charge in [-0.1, -0.05) is 36.2 Å². The third-order valence-corrected chi connectivity index (χ3v) is 5.77. The molecule has 2 aliphatic heterocycles. The quantitative estimate of drug-likeness (QED) is 0.584. The van der Waals surface area contributed by atoms with Crippen molar-refractivity contribution < 1.29 is 8.78 Å². The Hall–Kier alpha value is -2.24. The van der Waals surface area contributed by atoms with Crippen molar-refractivity contribution in [2.24, 2.45) is 9.98 Å². The third kappa shape index (κ3) is 3.03. The number of halogens is 4. The minimum Gasteiger partial charge on any atom is -0.323 e. The third-order valence-electron chi connectivity index (χ3n) is 4.97. The fourth-order valence-electron chi connectivity index (χ4n) is 3.52. The van der Waals surface area contributed by atoms with Crippen LogP contribution in [0, 0.1) is 11.6 Å². The Morgan fingerprint density at radius 2 is 1.82 bits per heavy atom. The van der Waals surface area contributed by atoms with Crippen molar-refractivity contribution in [2.45, 2.75) is 26.3 Å². The molecule has 2 aromatic carbocycles. The number of aliphatic imine (C=N–C) groups is 2. The van der Waals surface area contributed by atoms with Crippen LogP contribution in [0.2, 0.25) is 10.0 Å². The van der Waals surface area contributed by atoms with Gasteiger partial charge in [0.2, 0.25) is 0 Å². The smallest absolute Gasteiger partial charge is 0.135 e. The Kier molecular flexibility index (Phi) is 4.98. The van der Waals surface area contributed by atoms with E-state index in [4.69, 9.17) is 23.2 Å². The van der Waals surface area contributed by atoms with Crippen LogP contribution in [0.25, 0.3) is 0 Å². The van der Waals surface area contributed by atoms with Gasteiger partial charge in [0.1, 0.15) is 23.5 Å². The van der Waals surface area contributed by atoms with Crippen molar-refractivity contribution >= 4 is 40.4 Å². The number of fused-ring (bicyclic) bond motifs is 3. The van der Waals surface area contributed by atoms with Gasteiger partial charge in [-0.25, -0.2) is 13.8 Å². The molecule has 2 aromatic rings. The summed E-state index contributed by atoms with van der Waals surface area (Å²) in [6.45, 7) is 4.50. The van der Waals surface area contributed by atoms with Gasteiger partial charge >= 0.3 is 0 Å². The molecule has 0 saturated carbocycles. The van der Waals surface area contributed by atoms with E-state index in [0.717, 1.165) is 12.0 Å². The summed E-state index contributed by atoms with van der Waals surface area (Å²) in [6, 6.07) is 6.78. The number of hydrogen-bond donors (Lipinski definition) is 0. The van der Waals surface area contributed by atoms with Crippen LogP contribution < -0.4 is 4.90 Å². The average molecular weight is 420 g/mol. The molecule has 0 N–H and O–H groups in total.